The molecule has 1 aromatic carbocycles. The van der Waals surface area contributed by atoms with Crippen LogP contribution in [0.5, 0.6) is 5.75 Å². The van der Waals surface area contributed by atoms with Crippen LogP contribution in [0.4, 0.5) is 4.79 Å². The number of urea groups is 1. The van der Waals surface area contributed by atoms with Gasteiger partial charge in [-0.05, 0) is 25.8 Å². The summed E-state index contributed by atoms with van der Waals surface area (Å²) in [6.45, 7) is 3.04. The molecule has 1 saturated carbocycles. The van der Waals surface area contributed by atoms with E-state index in [-0.39, 0.29) is 17.5 Å². The van der Waals surface area contributed by atoms with Crippen LogP contribution in [0.3, 0.4) is 0 Å². The largest absolute Gasteiger partial charge is 0.496 e. The molecule has 116 valence electrons. The Morgan fingerprint density at radius 2 is 2.05 bits per heavy atom. The summed E-state index contributed by atoms with van der Waals surface area (Å²) in [5.74, 6) is 0.893. The minimum atomic E-state index is -0.152. The SMILES string of the molecule is COCC(C)NC(=O)NCC1(c2ccccc2OC)CC1. The number of nitrogens with one attached hydrogen (secondary N) is 2. The van der Waals surface area contributed by atoms with Crippen molar-refractivity contribution in [3.8, 4) is 5.75 Å². The Morgan fingerprint density at radius 1 is 1.33 bits per heavy atom. The van der Waals surface area contributed by atoms with Crippen LogP contribution in [0.15, 0.2) is 24.3 Å². The fraction of sp³-hybridized carbons (Fsp3) is 0.562. The van der Waals surface area contributed by atoms with Gasteiger partial charge >= 0.3 is 6.03 Å². The molecule has 0 saturated heterocycles. The summed E-state index contributed by atoms with van der Waals surface area (Å²) in [5, 5.41) is 5.82. The second-order valence-electron chi connectivity index (χ2n) is 5.66. The average Bonchev–Trinajstić information content (AvgIpc) is 3.26. The van der Waals surface area contributed by atoms with Crippen molar-refractivity contribution in [1.82, 2.24) is 10.6 Å². The number of methoxy groups -OCH3 is 2. The number of rotatable bonds is 7. The zero-order chi connectivity index (χ0) is 15.3. The third kappa shape index (κ3) is 3.88. The van der Waals surface area contributed by atoms with Crippen LogP contribution in [-0.4, -0.2) is 39.4 Å². The quantitative estimate of drug-likeness (QED) is 0.808. The first-order chi connectivity index (χ1) is 10.1. The highest BCUT2D eigenvalue weighted by Crippen LogP contribution is 2.50. The maximum absolute atomic E-state index is 11.9. The smallest absolute Gasteiger partial charge is 0.315 e. The van der Waals surface area contributed by atoms with E-state index >= 15 is 0 Å². The van der Waals surface area contributed by atoms with Crippen LogP contribution >= 0.6 is 0 Å². The zero-order valence-electron chi connectivity index (χ0n) is 12.9. The molecule has 1 aliphatic rings. The maximum Gasteiger partial charge on any atom is 0.315 e. The summed E-state index contributed by atoms with van der Waals surface area (Å²) in [6.07, 6.45) is 2.14. The monoisotopic (exact) mass is 292 g/mol. The van der Waals surface area contributed by atoms with Gasteiger partial charge in [0.05, 0.1) is 19.8 Å². The van der Waals surface area contributed by atoms with E-state index in [0.29, 0.717) is 13.2 Å². The maximum atomic E-state index is 11.9. The van der Waals surface area contributed by atoms with Crippen LogP contribution < -0.4 is 15.4 Å². The highest BCUT2D eigenvalue weighted by Gasteiger charge is 2.46. The average molecular weight is 292 g/mol. The highest BCUT2D eigenvalue weighted by molar-refractivity contribution is 5.74. The van der Waals surface area contributed by atoms with E-state index < -0.39 is 0 Å². The molecule has 2 amide bonds. The molecule has 1 aromatic rings. The molecule has 5 heteroatoms. The van der Waals surface area contributed by atoms with Crippen LogP contribution in [0, 0.1) is 0 Å². The van der Waals surface area contributed by atoms with E-state index in [1.807, 2.05) is 25.1 Å². The first-order valence-corrected chi connectivity index (χ1v) is 7.28. The molecule has 1 unspecified atom stereocenters. The van der Waals surface area contributed by atoms with Gasteiger partial charge in [0.15, 0.2) is 0 Å². The molecule has 0 bridgehead atoms. The van der Waals surface area contributed by atoms with Crippen LogP contribution in [0.1, 0.15) is 25.3 Å². The molecule has 21 heavy (non-hydrogen) atoms. The summed E-state index contributed by atoms with van der Waals surface area (Å²) >= 11 is 0. The number of hydrogen-bond donors (Lipinski definition) is 2. The van der Waals surface area contributed by atoms with E-state index in [1.165, 1.54) is 5.56 Å². The van der Waals surface area contributed by atoms with Gasteiger partial charge in [0.2, 0.25) is 0 Å². The number of carbonyl (C=O) groups is 1. The Balaban J connectivity index is 1.92. The van der Waals surface area contributed by atoms with Crippen LogP contribution in [-0.2, 0) is 10.2 Å². The molecule has 0 aromatic heterocycles. The molecule has 0 radical (unpaired) electrons. The number of benzene rings is 1. The molecular weight excluding hydrogens is 268 g/mol. The van der Waals surface area contributed by atoms with Gasteiger partial charge in [-0.1, -0.05) is 18.2 Å². The zero-order valence-corrected chi connectivity index (χ0v) is 12.9. The summed E-state index contributed by atoms with van der Waals surface area (Å²) in [4.78, 5) is 11.9. The van der Waals surface area contributed by atoms with Crippen molar-refractivity contribution in [2.45, 2.75) is 31.2 Å². The van der Waals surface area contributed by atoms with Crippen molar-refractivity contribution in [1.29, 1.82) is 0 Å². The molecular formula is C16H24N2O3. The van der Waals surface area contributed by atoms with Crippen molar-refractivity contribution in [2.75, 3.05) is 27.4 Å². The lowest BCUT2D eigenvalue weighted by Gasteiger charge is -2.20. The van der Waals surface area contributed by atoms with E-state index in [1.54, 1.807) is 14.2 Å². The Bertz CT molecular complexity index is 486. The second-order valence-corrected chi connectivity index (χ2v) is 5.66. The predicted molar refractivity (Wildman–Crippen MR) is 81.8 cm³/mol. The van der Waals surface area contributed by atoms with Gasteiger partial charge in [-0.25, -0.2) is 4.79 Å². The summed E-state index contributed by atoms with van der Waals surface area (Å²) in [7, 11) is 3.30. The van der Waals surface area contributed by atoms with Crippen molar-refractivity contribution < 1.29 is 14.3 Å². The Hall–Kier alpha value is -1.75. The van der Waals surface area contributed by atoms with Crippen molar-refractivity contribution in [2.24, 2.45) is 0 Å². The first-order valence-electron chi connectivity index (χ1n) is 7.28. The summed E-state index contributed by atoms with van der Waals surface area (Å²) in [5.41, 5.74) is 1.20. The van der Waals surface area contributed by atoms with Gasteiger partial charge in [0, 0.05) is 24.6 Å². The van der Waals surface area contributed by atoms with E-state index in [4.69, 9.17) is 9.47 Å². The number of para-hydroxylation sites is 1. The second kappa shape index (κ2) is 6.80. The third-order valence-corrected chi connectivity index (χ3v) is 3.91. The molecule has 2 rings (SSSR count). The Kier molecular flexibility index (Phi) is 5.07. The molecule has 0 aliphatic heterocycles. The van der Waals surface area contributed by atoms with Crippen LogP contribution in [0.25, 0.3) is 0 Å². The van der Waals surface area contributed by atoms with Crippen LogP contribution in [0.2, 0.25) is 0 Å². The van der Waals surface area contributed by atoms with Gasteiger partial charge in [0.1, 0.15) is 5.75 Å². The van der Waals surface area contributed by atoms with E-state index in [9.17, 15) is 4.79 Å². The topological polar surface area (TPSA) is 59.6 Å². The molecule has 0 heterocycles. The van der Waals surface area contributed by atoms with E-state index in [0.717, 1.165) is 18.6 Å². The first kappa shape index (κ1) is 15.6. The van der Waals surface area contributed by atoms with Gasteiger partial charge in [-0.3, -0.25) is 0 Å². The van der Waals surface area contributed by atoms with Gasteiger partial charge in [-0.2, -0.15) is 0 Å². The fourth-order valence-electron chi connectivity index (χ4n) is 2.59. The molecule has 1 aliphatic carbocycles. The minimum Gasteiger partial charge on any atom is -0.496 e. The van der Waals surface area contributed by atoms with Crippen molar-refractivity contribution in [3.05, 3.63) is 29.8 Å². The van der Waals surface area contributed by atoms with Gasteiger partial charge < -0.3 is 20.1 Å². The lowest BCUT2D eigenvalue weighted by molar-refractivity contribution is 0.170. The Labute approximate surface area is 126 Å². The van der Waals surface area contributed by atoms with Crippen molar-refractivity contribution in [3.63, 3.8) is 0 Å². The molecule has 2 N–H and O–H groups in total. The van der Waals surface area contributed by atoms with Gasteiger partial charge in [-0.15, -0.1) is 0 Å². The molecule has 1 atom stereocenters. The highest BCUT2D eigenvalue weighted by atomic mass is 16.5. The van der Waals surface area contributed by atoms with Gasteiger partial charge in [0.25, 0.3) is 0 Å². The Morgan fingerprint density at radius 3 is 2.67 bits per heavy atom. The standard InChI is InChI=1S/C16H24N2O3/c1-12(10-20-2)18-15(19)17-11-16(8-9-16)13-6-4-5-7-14(13)21-3/h4-7,12H,8-11H2,1-3H3,(H2,17,18,19). The number of hydrogen-bond acceptors (Lipinski definition) is 3. The third-order valence-electron chi connectivity index (χ3n) is 3.91. The van der Waals surface area contributed by atoms with E-state index in [2.05, 4.69) is 16.7 Å². The number of amides is 2. The normalized spacial score (nSPS) is 16.9. The molecule has 1 fully saturated rings. The number of ether oxygens (including phenoxy) is 2. The minimum absolute atomic E-state index is 0.00332. The molecule has 0 spiro atoms. The molecule has 5 nitrogen and oxygen atoms in total. The lowest BCUT2D eigenvalue weighted by atomic mass is 9.95. The van der Waals surface area contributed by atoms with Crippen molar-refractivity contribution >= 4 is 6.03 Å². The number of carbonyl (C=O) groups excluding carboxylic acids is 1. The fourth-order valence-corrected chi connectivity index (χ4v) is 2.59. The summed E-state index contributed by atoms with van der Waals surface area (Å²) < 4.78 is 10.4. The summed E-state index contributed by atoms with van der Waals surface area (Å²) in [6, 6.07) is 7.87. The predicted octanol–water partition coefficient (Wildman–Crippen LogP) is 2.06. The lowest BCUT2D eigenvalue weighted by Crippen LogP contribution is -2.45.